The van der Waals surface area contributed by atoms with Gasteiger partial charge in [-0.2, -0.15) is 0 Å². The SMILES string of the molecule is CCSc1nnc(S[C@@H]2C[C@H](C)OC2=O)s1. The van der Waals surface area contributed by atoms with Crippen LogP contribution in [-0.4, -0.2) is 33.3 Å². The number of carbonyl (C=O) groups is 1. The van der Waals surface area contributed by atoms with Gasteiger partial charge < -0.3 is 4.74 Å². The maximum absolute atomic E-state index is 11.4. The number of ether oxygens (including phenoxy) is 1. The van der Waals surface area contributed by atoms with E-state index in [1.54, 1.807) is 23.1 Å². The van der Waals surface area contributed by atoms with E-state index in [0.717, 1.165) is 20.9 Å². The van der Waals surface area contributed by atoms with Crippen LogP contribution in [0.25, 0.3) is 0 Å². The van der Waals surface area contributed by atoms with E-state index < -0.39 is 0 Å². The highest BCUT2D eigenvalue weighted by Crippen LogP contribution is 2.35. The van der Waals surface area contributed by atoms with Crippen molar-refractivity contribution < 1.29 is 9.53 Å². The van der Waals surface area contributed by atoms with Crippen LogP contribution >= 0.6 is 34.9 Å². The molecular formula is C9H12N2O2S3. The molecule has 0 bridgehead atoms. The summed E-state index contributed by atoms with van der Waals surface area (Å²) in [6.45, 7) is 3.99. The van der Waals surface area contributed by atoms with Crippen molar-refractivity contribution in [1.82, 2.24) is 10.2 Å². The third-order valence-electron chi connectivity index (χ3n) is 2.03. The van der Waals surface area contributed by atoms with Crippen molar-refractivity contribution in [3.05, 3.63) is 0 Å². The van der Waals surface area contributed by atoms with Gasteiger partial charge in [0.25, 0.3) is 0 Å². The average Bonchev–Trinajstić information content (AvgIpc) is 2.76. The molecule has 2 heterocycles. The molecule has 0 spiro atoms. The maximum Gasteiger partial charge on any atom is 0.319 e. The molecule has 0 radical (unpaired) electrons. The molecule has 0 saturated carbocycles. The van der Waals surface area contributed by atoms with Gasteiger partial charge in [-0.3, -0.25) is 4.79 Å². The molecule has 0 aliphatic carbocycles. The first kappa shape index (κ1) is 12.2. The number of nitrogens with zero attached hydrogens (tertiary/aromatic N) is 2. The average molecular weight is 276 g/mol. The predicted octanol–water partition coefficient (Wildman–Crippen LogP) is 2.45. The molecule has 4 nitrogen and oxygen atoms in total. The number of hydrogen-bond donors (Lipinski definition) is 0. The Bertz CT molecular complexity index is 383. The topological polar surface area (TPSA) is 52.1 Å². The molecule has 1 aromatic rings. The Morgan fingerprint density at radius 3 is 2.88 bits per heavy atom. The highest BCUT2D eigenvalue weighted by atomic mass is 32.2. The number of rotatable bonds is 4. The Balaban J connectivity index is 1.95. The van der Waals surface area contributed by atoms with E-state index in [1.165, 1.54) is 11.8 Å². The standard InChI is InChI=1S/C9H12N2O2S3/c1-3-14-8-10-11-9(16-8)15-6-4-5(2)13-7(6)12/h5-6H,3-4H2,1-2H3/t5-,6+/m0/s1. The second-order valence-corrected chi connectivity index (χ2v) is 7.30. The van der Waals surface area contributed by atoms with Crippen LogP contribution < -0.4 is 0 Å². The highest BCUT2D eigenvalue weighted by molar-refractivity contribution is 8.03. The molecule has 0 N–H and O–H groups in total. The molecule has 0 amide bonds. The first-order valence-corrected chi connectivity index (χ1v) is 7.70. The Hall–Kier alpha value is -0.270. The van der Waals surface area contributed by atoms with Gasteiger partial charge in [0.15, 0.2) is 8.68 Å². The summed E-state index contributed by atoms with van der Waals surface area (Å²) < 4.78 is 6.91. The number of hydrogen-bond acceptors (Lipinski definition) is 7. The highest BCUT2D eigenvalue weighted by Gasteiger charge is 2.33. The zero-order chi connectivity index (χ0) is 11.5. The number of cyclic esters (lactones) is 1. The number of esters is 1. The van der Waals surface area contributed by atoms with E-state index in [4.69, 9.17) is 4.74 Å². The molecule has 2 atom stereocenters. The number of carbonyl (C=O) groups excluding carboxylic acids is 1. The quantitative estimate of drug-likeness (QED) is 0.622. The monoisotopic (exact) mass is 276 g/mol. The molecule has 7 heteroatoms. The second-order valence-electron chi connectivity index (χ2n) is 3.36. The van der Waals surface area contributed by atoms with Gasteiger partial charge in [0.05, 0.1) is 0 Å². The van der Waals surface area contributed by atoms with Crippen molar-refractivity contribution in [2.24, 2.45) is 0 Å². The molecule has 1 aliphatic rings. The van der Waals surface area contributed by atoms with E-state index in [0.29, 0.717) is 0 Å². The van der Waals surface area contributed by atoms with E-state index in [1.807, 2.05) is 6.92 Å². The van der Waals surface area contributed by atoms with Crippen molar-refractivity contribution in [2.75, 3.05) is 5.75 Å². The Labute approximate surface area is 107 Å². The second kappa shape index (κ2) is 5.37. The van der Waals surface area contributed by atoms with E-state index in [9.17, 15) is 4.79 Å². The van der Waals surface area contributed by atoms with Gasteiger partial charge >= 0.3 is 5.97 Å². The minimum atomic E-state index is -0.127. The van der Waals surface area contributed by atoms with Gasteiger partial charge in [0, 0.05) is 6.42 Å². The molecule has 2 rings (SSSR count). The lowest BCUT2D eigenvalue weighted by molar-refractivity contribution is -0.140. The lowest BCUT2D eigenvalue weighted by atomic mass is 10.3. The molecule has 1 fully saturated rings. The van der Waals surface area contributed by atoms with Crippen LogP contribution in [0.4, 0.5) is 0 Å². The normalized spacial score (nSPS) is 24.8. The van der Waals surface area contributed by atoms with Gasteiger partial charge in [-0.1, -0.05) is 41.8 Å². The summed E-state index contributed by atoms with van der Waals surface area (Å²) in [6.07, 6.45) is 0.793. The van der Waals surface area contributed by atoms with Crippen LogP contribution in [0.1, 0.15) is 20.3 Å². The van der Waals surface area contributed by atoms with Crippen LogP contribution in [-0.2, 0) is 9.53 Å². The van der Waals surface area contributed by atoms with Gasteiger partial charge in [-0.25, -0.2) is 0 Å². The van der Waals surface area contributed by atoms with Crippen molar-refractivity contribution in [3.8, 4) is 0 Å². The lowest BCUT2D eigenvalue weighted by Crippen LogP contribution is -2.08. The molecule has 1 aliphatic heterocycles. The first-order chi connectivity index (χ1) is 7.69. The molecule has 16 heavy (non-hydrogen) atoms. The van der Waals surface area contributed by atoms with Gasteiger partial charge in [0.2, 0.25) is 0 Å². The zero-order valence-electron chi connectivity index (χ0n) is 9.00. The van der Waals surface area contributed by atoms with Crippen molar-refractivity contribution >= 4 is 40.8 Å². The fourth-order valence-electron chi connectivity index (χ4n) is 1.36. The van der Waals surface area contributed by atoms with Crippen molar-refractivity contribution in [3.63, 3.8) is 0 Å². The van der Waals surface area contributed by atoms with Crippen LogP contribution in [0, 0.1) is 0 Å². The first-order valence-electron chi connectivity index (χ1n) is 5.02. The summed E-state index contributed by atoms with van der Waals surface area (Å²) in [5.74, 6) is 0.860. The Morgan fingerprint density at radius 2 is 2.25 bits per heavy atom. The van der Waals surface area contributed by atoms with Crippen LogP contribution in [0.15, 0.2) is 8.68 Å². The molecule has 0 aromatic carbocycles. The van der Waals surface area contributed by atoms with Gasteiger partial charge in [-0.05, 0) is 12.7 Å². The molecular weight excluding hydrogens is 264 g/mol. The summed E-state index contributed by atoms with van der Waals surface area (Å²) in [4.78, 5) is 11.4. The third kappa shape index (κ3) is 2.89. The largest absolute Gasteiger partial charge is 0.462 e. The van der Waals surface area contributed by atoms with Crippen LogP contribution in [0.3, 0.4) is 0 Å². The minimum absolute atomic E-state index is 0.0300. The summed E-state index contributed by atoms with van der Waals surface area (Å²) in [6, 6.07) is 0. The van der Waals surface area contributed by atoms with Gasteiger partial charge in [0.1, 0.15) is 11.4 Å². The van der Waals surface area contributed by atoms with E-state index in [2.05, 4.69) is 17.1 Å². The third-order valence-corrected chi connectivity index (χ3v) is 5.25. The van der Waals surface area contributed by atoms with Crippen molar-refractivity contribution in [1.29, 1.82) is 0 Å². The molecule has 1 aromatic heterocycles. The van der Waals surface area contributed by atoms with Crippen LogP contribution in [0.5, 0.6) is 0 Å². The van der Waals surface area contributed by atoms with Gasteiger partial charge in [-0.15, -0.1) is 10.2 Å². The number of thioether (sulfide) groups is 2. The fraction of sp³-hybridized carbons (Fsp3) is 0.667. The molecule has 1 saturated heterocycles. The summed E-state index contributed by atoms with van der Waals surface area (Å²) in [5.41, 5.74) is 0. The molecule has 0 unspecified atom stereocenters. The molecule has 88 valence electrons. The predicted molar refractivity (Wildman–Crippen MR) is 66.1 cm³/mol. The fourth-order valence-corrected chi connectivity index (χ4v) is 4.64. The smallest absolute Gasteiger partial charge is 0.319 e. The lowest BCUT2D eigenvalue weighted by Gasteiger charge is -1.99. The number of aromatic nitrogens is 2. The zero-order valence-corrected chi connectivity index (χ0v) is 11.5. The van der Waals surface area contributed by atoms with Crippen molar-refractivity contribution in [2.45, 2.75) is 40.3 Å². The van der Waals surface area contributed by atoms with E-state index >= 15 is 0 Å². The van der Waals surface area contributed by atoms with E-state index in [-0.39, 0.29) is 17.3 Å². The summed E-state index contributed by atoms with van der Waals surface area (Å²) in [5, 5.41) is 8.00. The van der Waals surface area contributed by atoms with Crippen LogP contribution in [0.2, 0.25) is 0 Å². The maximum atomic E-state index is 11.4. The Morgan fingerprint density at radius 1 is 1.50 bits per heavy atom. The Kier molecular flexibility index (Phi) is 4.10. The summed E-state index contributed by atoms with van der Waals surface area (Å²) in [7, 11) is 0. The minimum Gasteiger partial charge on any atom is -0.462 e. The summed E-state index contributed by atoms with van der Waals surface area (Å²) >= 11 is 4.68.